The maximum atomic E-state index is 13.1. The van der Waals surface area contributed by atoms with E-state index in [1.54, 1.807) is 22.4 Å². The van der Waals surface area contributed by atoms with Crippen LogP contribution in [0, 0.1) is 0 Å². The van der Waals surface area contributed by atoms with Gasteiger partial charge in [0.05, 0.1) is 30.1 Å². The molecule has 0 spiro atoms. The van der Waals surface area contributed by atoms with Gasteiger partial charge in [-0.2, -0.15) is 0 Å². The number of hydrogen-bond donors (Lipinski definition) is 0. The van der Waals surface area contributed by atoms with Crippen LogP contribution in [0.3, 0.4) is 0 Å². The number of benzene rings is 2. The van der Waals surface area contributed by atoms with E-state index in [2.05, 4.69) is 11.9 Å². The second-order valence-corrected chi connectivity index (χ2v) is 6.88. The predicted octanol–water partition coefficient (Wildman–Crippen LogP) is 3.60. The highest BCUT2D eigenvalue weighted by Gasteiger charge is 2.13. The molecule has 3 rings (SSSR count). The number of methoxy groups -OCH3 is 1. The number of rotatable bonds is 6. The minimum atomic E-state index is -0.290. The van der Waals surface area contributed by atoms with Crippen LogP contribution in [0.4, 0.5) is 0 Å². The molecule has 3 aromatic rings. The van der Waals surface area contributed by atoms with Crippen LogP contribution in [-0.2, 0) is 16.0 Å². The Morgan fingerprint density at radius 3 is 2.58 bits per heavy atom. The third kappa shape index (κ3) is 3.80. The number of thioether (sulfide) groups is 1. The van der Waals surface area contributed by atoms with Crippen molar-refractivity contribution < 1.29 is 9.53 Å². The van der Waals surface area contributed by atoms with Gasteiger partial charge in [-0.3, -0.25) is 14.2 Å². The Morgan fingerprint density at radius 2 is 1.88 bits per heavy atom. The fourth-order valence-corrected chi connectivity index (χ4v) is 3.50. The van der Waals surface area contributed by atoms with Crippen LogP contribution >= 0.6 is 11.8 Å². The van der Waals surface area contributed by atoms with Gasteiger partial charge in [0, 0.05) is 5.75 Å². The Kier molecular flexibility index (Phi) is 5.73. The number of hydrogen-bond acceptors (Lipinski definition) is 5. The first-order chi connectivity index (χ1) is 12.6. The lowest BCUT2D eigenvalue weighted by Crippen LogP contribution is -2.21. The molecule has 5 nitrogen and oxygen atoms in total. The Morgan fingerprint density at radius 1 is 1.15 bits per heavy atom. The van der Waals surface area contributed by atoms with Gasteiger partial charge in [-0.15, -0.1) is 0 Å². The maximum Gasteiger partial charge on any atom is 0.309 e. The minimum Gasteiger partial charge on any atom is -0.469 e. The standard InChI is InChI=1S/C20H20N2O3S/c1-3-12-26-20-21-17-7-5-4-6-16(17)19(24)22(20)15-10-8-14(9-11-15)13-18(23)25-2/h4-11H,3,12-13H2,1-2H3. The molecule has 0 radical (unpaired) electrons. The molecule has 0 amide bonds. The lowest BCUT2D eigenvalue weighted by Gasteiger charge is -2.13. The Balaban J connectivity index is 2.08. The summed E-state index contributed by atoms with van der Waals surface area (Å²) in [6, 6.07) is 14.7. The van der Waals surface area contributed by atoms with Crippen molar-refractivity contribution in [3.63, 3.8) is 0 Å². The molecule has 0 aliphatic carbocycles. The van der Waals surface area contributed by atoms with E-state index in [0.717, 1.165) is 23.4 Å². The molecule has 26 heavy (non-hydrogen) atoms. The van der Waals surface area contributed by atoms with Crippen molar-refractivity contribution in [3.05, 3.63) is 64.4 Å². The van der Waals surface area contributed by atoms with Crippen molar-refractivity contribution >= 4 is 28.6 Å². The van der Waals surface area contributed by atoms with Gasteiger partial charge in [0.2, 0.25) is 0 Å². The van der Waals surface area contributed by atoms with Gasteiger partial charge in [-0.05, 0) is 36.2 Å². The summed E-state index contributed by atoms with van der Waals surface area (Å²) in [6.07, 6.45) is 1.20. The molecule has 0 aliphatic heterocycles. The average molecular weight is 368 g/mol. The van der Waals surface area contributed by atoms with Crippen molar-refractivity contribution in [1.82, 2.24) is 9.55 Å². The van der Waals surface area contributed by atoms with E-state index in [-0.39, 0.29) is 17.9 Å². The molecule has 0 N–H and O–H groups in total. The van der Waals surface area contributed by atoms with Gasteiger partial charge in [-0.1, -0.05) is 43.0 Å². The Bertz CT molecular complexity index is 981. The number of nitrogens with zero attached hydrogens (tertiary/aromatic N) is 2. The highest BCUT2D eigenvalue weighted by atomic mass is 32.2. The molecule has 1 heterocycles. The fourth-order valence-electron chi connectivity index (χ4n) is 2.63. The van der Waals surface area contributed by atoms with E-state index < -0.39 is 0 Å². The fraction of sp³-hybridized carbons (Fsp3) is 0.250. The van der Waals surface area contributed by atoms with Gasteiger partial charge < -0.3 is 4.74 Å². The molecule has 0 atom stereocenters. The number of fused-ring (bicyclic) bond motifs is 1. The van der Waals surface area contributed by atoms with Gasteiger partial charge in [0.25, 0.3) is 5.56 Å². The highest BCUT2D eigenvalue weighted by Crippen LogP contribution is 2.22. The molecule has 2 aromatic carbocycles. The van der Waals surface area contributed by atoms with Crippen LogP contribution in [0.25, 0.3) is 16.6 Å². The summed E-state index contributed by atoms with van der Waals surface area (Å²) >= 11 is 1.57. The van der Waals surface area contributed by atoms with Crippen LogP contribution in [0.2, 0.25) is 0 Å². The number of para-hydroxylation sites is 1. The normalized spacial score (nSPS) is 10.8. The molecule has 0 saturated heterocycles. The molecule has 1 aromatic heterocycles. The monoisotopic (exact) mass is 368 g/mol. The summed E-state index contributed by atoms with van der Waals surface area (Å²) in [4.78, 5) is 29.2. The van der Waals surface area contributed by atoms with E-state index in [4.69, 9.17) is 4.74 Å². The van der Waals surface area contributed by atoms with E-state index in [0.29, 0.717) is 16.1 Å². The molecule has 134 valence electrons. The molecular formula is C20H20N2O3S. The maximum absolute atomic E-state index is 13.1. The molecular weight excluding hydrogens is 348 g/mol. The van der Waals surface area contributed by atoms with E-state index in [1.807, 2.05) is 42.5 Å². The average Bonchev–Trinajstić information content (AvgIpc) is 2.67. The Hall–Kier alpha value is -2.60. The summed E-state index contributed by atoms with van der Waals surface area (Å²) in [5.41, 5.74) is 2.19. The zero-order valence-electron chi connectivity index (χ0n) is 14.8. The molecule has 0 aliphatic rings. The summed E-state index contributed by atoms with van der Waals surface area (Å²) in [5.74, 6) is 0.590. The van der Waals surface area contributed by atoms with E-state index in [9.17, 15) is 9.59 Å². The summed E-state index contributed by atoms with van der Waals surface area (Å²) < 4.78 is 6.34. The second kappa shape index (κ2) is 8.19. The van der Waals surface area contributed by atoms with Crippen molar-refractivity contribution in [1.29, 1.82) is 0 Å². The lowest BCUT2D eigenvalue weighted by molar-refractivity contribution is -0.139. The lowest BCUT2D eigenvalue weighted by atomic mass is 10.1. The molecule has 0 bridgehead atoms. The van der Waals surface area contributed by atoms with Crippen LogP contribution in [-0.4, -0.2) is 28.4 Å². The van der Waals surface area contributed by atoms with Crippen LogP contribution in [0.1, 0.15) is 18.9 Å². The molecule has 0 unspecified atom stereocenters. The van der Waals surface area contributed by atoms with E-state index in [1.165, 1.54) is 7.11 Å². The zero-order chi connectivity index (χ0) is 18.5. The van der Waals surface area contributed by atoms with Gasteiger partial charge in [0.15, 0.2) is 5.16 Å². The molecule has 0 fully saturated rings. The van der Waals surface area contributed by atoms with Crippen molar-refractivity contribution in [2.75, 3.05) is 12.9 Å². The molecule has 6 heteroatoms. The smallest absolute Gasteiger partial charge is 0.309 e. The zero-order valence-corrected chi connectivity index (χ0v) is 15.6. The quantitative estimate of drug-likeness (QED) is 0.378. The first-order valence-corrected chi connectivity index (χ1v) is 9.43. The highest BCUT2D eigenvalue weighted by molar-refractivity contribution is 7.99. The first kappa shape index (κ1) is 18.2. The van der Waals surface area contributed by atoms with Crippen LogP contribution in [0.15, 0.2) is 58.5 Å². The third-order valence-corrected chi connectivity index (χ3v) is 5.10. The number of ether oxygens (including phenoxy) is 1. The summed E-state index contributed by atoms with van der Waals surface area (Å²) in [6.45, 7) is 2.10. The predicted molar refractivity (Wildman–Crippen MR) is 104 cm³/mol. The first-order valence-electron chi connectivity index (χ1n) is 8.44. The van der Waals surface area contributed by atoms with E-state index >= 15 is 0 Å². The summed E-state index contributed by atoms with van der Waals surface area (Å²) in [7, 11) is 1.37. The van der Waals surface area contributed by atoms with Crippen molar-refractivity contribution in [3.8, 4) is 5.69 Å². The van der Waals surface area contributed by atoms with Gasteiger partial charge in [0.1, 0.15) is 0 Å². The largest absolute Gasteiger partial charge is 0.469 e. The van der Waals surface area contributed by atoms with Crippen molar-refractivity contribution in [2.45, 2.75) is 24.9 Å². The molecule has 0 saturated carbocycles. The number of esters is 1. The van der Waals surface area contributed by atoms with Gasteiger partial charge >= 0.3 is 5.97 Å². The topological polar surface area (TPSA) is 61.2 Å². The minimum absolute atomic E-state index is 0.0880. The van der Waals surface area contributed by atoms with Crippen LogP contribution < -0.4 is 5.56 Å². The summed E-state index contributed by atoms with van der Waals surface area (Å²) in [5, 5.41) is 1.27. The van der Waals surface area contributed by atoms with Crippen molar-refractivity contribution in [2.24, 2.45) is 0 Å². The van der Waals surface area contributed by atoms with Gasteiger partial charge in [-0.25, -0.2) is 4.98 Å². The Labute approximate surface area is 156 Å². The second-order valence-electron chi connectivity index (χ2n) is 5.82. The van der Waals surface area contributed by atoms with Crippen LogP contribution in [0.5, 0.6) is 0 Å². The number of aromatic nitrogens is 2. The SMILES string of the molecule is CCCSc1nc2ccccc2c(=O)n1-c1ccc(CC(=O)OC)cc1. The third-order valence-electron chi connectivity index (χ3n) is 3.95. The number of carbonyl (C=O) groups is 1. The number of carbonyl (C=O) groups excluding carboxylic acids is 1.